The summed E-state index contributed by atoms with van der Waals surface area (Å²) in [5, 5.41) is 19.0. The lowest BCUT2D eigenvalue weighted by Gasteiger charge is -2.37. The predicted octanol–water partition coefficient (Wildman–Crippen LogP) is 4.87. The molecule has 3 N–H and O–H groups in total. The summed E-state index contributed by atoms with van der Waals surface area (Å²) in [5.74, 6) is 0. The topological polar surface area (TPSA) is 51.3 Å². The van der Waals surface area contributed by atoms with Crippen LogP contribution in [0.2, 0.25) is 0 Å². The van der Waals surface area contributed by atoms with E-state index in [-0.39, 0.29) is 12.4 Å². The van der Waals surface area contributed by atoms with Crippen molar-refractivity contribution in [3.63, 3.8) is 0 Å². The van der Waals surface area contributed by atoms with E-state index in [1.807, 2.05) is 6.20 Å². The maximum absolute atomic E-state index is 10.9. The number of piperazine rings is 1. The van der Waals surface area contributed by atoms with Crippen molar-refractivity contribution >= 4 is 44.7 Å². The zero-order valence-electron chi connectivity index (χ0n) is 16.2. The number of benzene rings is 2. The number of thiophene rings is 1. The van der Waals surface area contributed by atoms with E-state index < -0.39 is 6.10 Å². The Morgan fingerprint density at radius 3 is 2.93 bits per heavy atom. The van der Waals surface area contributed by atoms with Crippen LogP contribution < -0.4 is 5.32 Å². The fraction of sp³-hybridized carbons (Fsp3) is 0.304. The van der Waals surface area contributed by atoms with Crippen LogP contribution in [0.5, 0.6) is 0 Å². The summed E-state index contributed by atoms with van der Waals surface area (Å²) in [6.45, 7) is 3.83. The van der Waals surface area contributed by atoms with Gasteiger partial charge in [-0.1, -0.05) is 30.3 Å². The minimum Gasteiger partial charge on any atom is -0.388 e. The van der Waals surface area contributed by atoms with Crippen LogP contribution >= 0.6 is 23.7 Å². The molecule has 1 saturated heterocycles. The van der Waals surface area contributed by atoms with Crippen molar-refractivity contribution in [3.05, 3.63) is 71.2 Å². The minimum absolute atomic E-state index is 0. The van der Waals surface area contributed by atoms with Gasteiger partial charge in [-0.2, -0.15) is 0 Å². The van der Waals surface area contributed by atoms with Gasteiger partial charge in [0.15, 0.2) is 0 Å². The Hall–Kier alpha value is -1.89. The first kappa shape index (κ1) is 20.4. The van der Waals surface area contributed by atoms with Crippen LogP contribution in [0.3, 0.4) is 0 Å². The van der Waals surface area contributed by atoms with E-state index in [9.17, 15) is 5.11 Å². The Kier molecular flexibility index (Phi) is 6.23. The van der Waals surface area contributed by atoms with Crippen molar-refractivity contribution < 1.29 is 5.11 Å². The summed E-state index contributed by atoms with van der Waals surface area (Å²) < 4.78 is 1.25. The molecular weight excluding hydrogens is 402 g/mol. The maximum atomic E-state index is 10.9. The fourth-order valence-corrected chi connectivity index (χ4v) is 5.43. The number of hydrogen-bond acceptors (Lipinski definition) is 4. The summed E-state index contributed by atoms with van der Waals surface area (Å²) in [6.07, 6.45) is 2.34. The average Bonchev–Trinajstić information content (AvgIpc) is 3.39. The highest BCUT2D eigenvalue weighted by Gasteiger charge is 2.26. The molecule has 0 radical (unpaired) electrons. The molecule has 0 spiro atoms. The first-order valence-electron chi connectivity index (χ1n) is 9.96. The second-order valence-corrected chi connectivity index (χ2v) is 8.44. The van der Waals surface area contributed by atoms with Gasteiger partial charge >= 0.3 is 0 Å². The molecule has 2 aromatic carbocycles. The highest BCUT2D eigenvalue weighted by Crippen LogP contribution is 2.33. The molecule has 3 heterocycles. The Labute approximate surface area is 181 Å². The van der Waals surface area contributed by atoms with Crippen LogP contribution in [0, 0.1) is 0 Å². The van der Waals surface area contributed by atoms with Crippen molar-refractivity contribution in [1.29, 1.82) is 0 Å². The highest BCUT2D eigenvalue weighted by atomic mass is 35.5. The van der Waals surface area contributed by atoms with Gasteiger partial charge < -0.3 is 15.4 Å². The fourth-order valence-electron chi connectivity index (χ4n) is 4.42. The van der Waals surface area contributed by atoms with Crippen LogP contribution in [-0.4, -0.2) is 41.2 Å². The third-order valence-corrected chi connectivity index (χ3v) is 6.88. The third kappa shape index (κ3) is 3.93. The molecule has 0 saturated carbocycles. The number of aromatic nitrogens is 1. The van der Waals surface area contributed by atoms with E-state index in [1.54, 1.807) is 11.3 Å². The molecule has 4 aromatic rings. The van der Waals surface area contributed by atoms with E-state index in [0.29, 0.717) is 6.04 Å². The molecule has 1 aliphatic heterocycles. The van der Waals surface area contributed by atoms with Gasteiger partial charge in [-0.15, -0.1) is 23.7 Å². The standard InChI is InChI=1S/C23H25N3OS.ClH/c27-22(19-15-28-23-7-2-1-4-18(19)23)9-12-26-13-11-24-14-21(26)17-5-3-6-20-16(17)8-10-25-20;/h1-8,10,15,21-22,24-25,27H,9,11-14H2;1H. The van der Waals surface area contributed by atoms with Gasteiger partial charge in [-0.05, 0) is 46.5 Å². The number of nitrogens with one attached hydrogen (secondary N) is 2. The largest absolute Gasteiger partial charge is 0.388 e. The predicted molar refractivity (Wildman–Crippen MR) is 124 cm³/mol. The summed E-state index contributed by atoms with van der Waals surface area (Å²) in [6, 6.07) is 17.4. The molecule has 0 aliphatic carbocycles. The number of aliphatic hydroxyl groups excluding tert-OH is 1. The molecule has 2 aromatic heterocycles. The minimum atomic E-state index is -0.422. The Morgan fingerprint density at radius 2 is 2.00 bits per heavy atom. The van der Waals surface area contributed by atoms with Gasteiger partial charge in [-0.3, -0.25) is 4.90 Å². The van der Waals surface area contributed by atoms with Crippen LogP contribution in [0.1, 0.15) is 29.7 Å². The summed E-state index contributed by atoms with van der Waals surface area (Å²) in [4.78, 5) is 5.85. The Morgan fingerprint density at radius 1 is 1.10 bits per heavy atom. The number of fused-ring (bicyclic) bond motifs is 2. The van der Waals surface area contributed by atoms with Crippen molar-refractivity contribution in [2.45, 2.75) is 18.6 Å². The van der Waals surface area contributed by atoms with Crippen molar-refractivity contribution in [2.24, 2.45) is 0 Å². The Balaban J connectivity index is 0.00000205. The Bertz CT molecular complexity index is 1090. The monoisotopic (exact) mass is 427 g/mol. The van der Waals surface area contributed by atoms with Crippen molar-refractivity contribution in [1.82, 2.24) is 15.2 Å². The van der Waals surface area contributed by atoms with Gasteiger partial charge in [0, 0.05) is 54.0 Å². The maximum Gasteiger partial charge on any atom is 0.0816 e. The lowest BCUT2D eigenvalue weighted by molar-refractivity contribution is 0.111. The van der Waals surface area contributed by atoms with Gasteiger partial charge in [0.25, 0.3) is 0 Å². The number of hydrogen-bond donors (Lipinski definition) is 3. The molecule has 5 rings (SSSR count). The molecule has 0 amide bonds. The lowest BCUT2D eigenvalue weighted by atomic mass is 9.98. The molecule has 1 fully saturated rings. The van der Waals surface area contributed by atoms with Crippen LogP contribution in [0.25, 0.3) is 21.0 Å². The highest BCUT2D eigenvalue weighted by molar-refractivity contribution is 7.17. The molecule has 0 bridgehead atoms. The molecule has 4 nitrogen and oxygen atoms in total. The number of rotatable bonds is 5. The average molecular weight is 428 g/mol. The molecule has 2 unspecified atom stereocenters. The molecule has 1 aliphatic rings. The molecule has 2 atom stereocenters. The quantitative estimate of drug-likeness (QED) is 0.425. The second kappa shape index (κ2) is 8.86. The van der Waals surface area contributed by atoms with Gasteiger partial charge in [0.05, 0.1) is 6.10 Å². The van der Waals surface area contributed by atoms with Gasteiger partial charge in [0.2, 0.25) is 0 Å². The van der Waals surface area contributed by atoms with Crippen LogP contribution in [0.15, 0.2) is 60.1 Å². The third-order valence-electron chi connectivity index (χ3n) is 5.90. The molecule has 6 heteroatoms. The van der Waals surface area contributed by atoms with E-state index in [0.717, 1.165) is 38.2 Å². The number of aromatic amines is 1. The number of halogens is 1. The van der Waals surface area contributed by atoms with Gasteiger partial charge in [0.1, 0.15) is 0 Å². The van der Waals surface area contributed by atoms with E-state index in [2.05, 4.69) is 69.1 Å². The van der Waals surface area contributed by atoms with Crippen LogP contribution in [0.4, 0.5) is 0 Å². The van der Waals surface area contributed by atoms with Crippen LogP contribution in [-0.2, 0) is 0 Å². The number of aliphatic hydroxyl groups is 1. The lowest BCUT2D eigenvalue weighted by Crippen LogP contribution is -2.46. The smallest absolute Gasteiger partial charge is 0.0816 e. The normalized spacial score (nSPS) is 18.7. The van der Waals surface area contributed by atoms with E-state index in [1.165, 1.54) is 26.6 Å². The number of H-pyrrole nitrogens is 1. The second-order valence-electron chi connectivity index (χ2n) is 7.53. The van der Waals surface area contributed by atoms with E-state index >= 15 is 0 Å². The summed E-state index contributed by atoms with van der Waals surface area (Å²) in [7, 11) is 0. The van der Waals surface area contributed by atoms with Crippen molar-refractivity contribution in [3.8, 4) is 0 Å². The van der Waals surface area contributed by atoms with E-state index in [4.69, 9.17) is 0 Å². The molecule has 29 heavy (non-hydrogen) atoms. The zero-order chi connectivity index (χ0) is 18.9. The molecule has 152 valence electrons. The van der Waals surface area contributed by atoms with Crippen molar-refractivity contribution in [2.75, 3.05) is 26.2 Å². The summed E-state index contributed by atoms with van der Waals surface area (Å²) >= 11 is 1.72. The SMILES string of the molecule is Cl.OC(CCN1CCNCC1c1cccc2[nH]ccc12)c1csc2ccccc12. The first-order valence-corrected chi connectivity index (χ1v) is 10.8. The summed E-state index contributed by atoms with van der Waals surface area (Å²) in [5.41, 5.74) is 3.62. The molecular formula is C23H26ClN3OS. The number of nitrogens with zero attached hydrogens (tertiary/aromatic N) is 1. The first-order chi connectivity index (χ1) is 13.8. The zero-order valence-corrected chi connectivity index (χ0v) is 17.8. The van der Waals surface area contributed by atoms with Gasteiger partial charge in [-0.25, -0.2) is 0 Å².